The van der Waals surface area contributed by atoms with Crippen molar-refractivity contribution in [3.05, 3.63) is 125 Å². The second kappa shape index (κ2) is 17.5. The molecule has 9 nitrogen and oxygen atoms in total. The van der Waals surface area contributed by atoms with E-state index in [1.807, 2.05) is 91.0 Å². The Balaban J connectivity index is 1.76. The van der Waals surface area contributed by atoms with Crippen molar-refractivity contribution in [2.75, 3.05) is 24.6 Å². The van der Waals surface area contributed by atoms with E-state index in [-0.39, 0.29) is 13.2 Å². The summed E-state index contributed by atoms with van der Waals surface area (Å²) in [5.74, 6) is -0.811. The van der Waals surface area contributed by atoms with Crippen molar-refractivity contribution in [1.29, 1.82) is 0 Å². The lowest BCUT2D eigenvalue weighted by Crippen LogP contribution is -2.41. The number of carbonyl (C=O) groups is 1. The first-order chi connectivity index (χ1) is 23.5. The molecular weight excluding hydrogens is 657 g/mol. The van der Waals surface area contributed by atoms with Gasteiger partial charge in [-0.15, -0.1) is 0 Å². The van der Waals surface area contributed by atoms with Gasteiger partial charge in [0.15, 0.2) is 8.32 Å². The van der Waals surface area contributed by atoms with Crippen LogP contribution in [0.2, 0.25) is 18.1 Å². The Labute approximate surface area is 291 Å². The third-order valence-corrected chi connectivity index (χ3v) is 14.2. The van der Waals surface area contributed by atoms with E-state index in [2.05, 4.69) is 30.8 Å². The SMILES string of the molecule is CC[Si](CC)(CC)O[C@@H](CNC(c1ccc(OC)cc1)C(C(=O)O)c1ccccc1)c1ccc(OCc2ccccc2)c(NS(C)(=O)=O)c1. The van der Waals surface area contributed by atoms with Crippen LogP contribution < -0.4 is 19.5 Å². The molecule has 0 aliphatic carbocycles. The largest absolute Gasteiger partial charge is 0.497 e. The second-order valence-electron chi connectivity index (χ2n) is 12.1. The Morgan fingerprint density at radius 1 is 0.816 bits per heavy atom. The van der Waals surface area contributed by atoms with Crippen LogP contribution in [0.3, 0.4) is 0 Å². The van der Waals surface area contributed by atoms with Crippen LogP contribution in [-0.4, -0.2) is 47.7 Å². The molecule has 0 aliphatic rings. The van der Waals surface area contributed by atoms with E-state index < -0.39 is 42.4 Å². The topological polar surface area (TPSA) is 123 Å². The van der Waals surface area contributed by atoms with Crippen LogP contribution in [0.1, 0.15) is 61.1 Å². The zero-order valence-electron chi connectivity index (χ0n) is 28.9. The number of rotatable bonds is 19. The van der Waals surface area contributed by atoms with E-state index >= 15 is 0 Å². The van der Waals surface area contributed by atoms with Crippen molar-refractivity contribution in [2.24, 2.45) is 0 Å². The summed E-state index contributed by atoms with van der Waals surface area (Å²) in [6.45, 7) is 6.98. The Morgan fingerprint density at radius 3 is 1.96 bits per heavy atom. The van der Waals surface area contributed by atoms with Crippen molar-refractivity contribution in [2.45, 2.75) is 63.6 Å². The number of anilines is 1. The molecule has 0 fully saturated rings. The van der Waals surface area contributed by atoms with E-state index in [9.17, 15) is 18.3 Å². The van der Waals surface area contributed by atoms with Gasteiger partial charge in [0, 0.05) is 12.6 Å². The molecule has 11 heteroatoms. The average Bonchev–Trinajstić information content (AvgIpc) is 3.11. The van der Waals surface area contributed by atoms with Crippen LogP contribution in [0.25, 0.3) is 0 Å². The molecule has 4 aromatic carbocycles. The molecule has 0 aromatic heterocycles. The summed E-state index contributed by atoms with van der Waals surface area (Å²) in [7, 11) is -4.28. The highest BCUT2D eigenvalue weighted by Gasteiger charge is 2.35. The molecule has 49 heavy (non-hydrogen) atoms. The summed E-state index contributed by atoms with van der Waals surface area (Å²) in [6, 6.07) is 33.7. The minimum atomic E-state index is -3.65. The van der Waals surface area contributed by atoms with Crippen molar-refractivity contribution in [3.63, 3.8) is 0 Å². The number of sulfonamides is 1. The van der Waals surface area contributed by atoms with Gasteiger partial charge in [-0.2, -0.15) is 0 Å². The summed E-state index contributed by atoms with van der Waals surface area (Å²) >= 11 is 0. The maximum atomic E-state index is 12.9. The number of ether oxygens (including phenoxy) is 2. The maximum absolute atomic E-state index is 12.9. The molecule has 0 saturated carbocycles. The Hall–Kier alpha value is -4.16. The number of hydrogen-bond donors (Lipinski definition) is 3. The Kier molecular flexibility index (Phi) is 13.4. The number of nitrogens with one attached hydrogen (secondary N) is 2. The number of methoxy groups -OCH3 is 1. The molecule has 2 unspecified atom stereocenters. The van der Waals surface area contributed by atoms with Gasteiger partial charge in [-0.05, 0) is 64.7 Å². The summed E-state index contributed by atoms with van der Waals surface area (Å²) in [5, 5.41) is 14.2. The van der Waals surface area contributed by atoms with Crippen LogP contribution in [0, 0.1) is 0 Å². The van der Waals surface area contributed by atoms with Gasteiger partial charge in [0.05, 0.1) is 25.2 Å². The highest BCUT2D eigenvalue weighted by atomic mass is 32.2. The smallest absolute Gasteiger partial charge is 0.312 e. The number of benzene rings is 4. The van der Waals surface area contributed by atoms with Gasteiger partial charge < -0.3 is 24.3 Å². The zero-order chi connectivity index (χ0) is 35.4. The highest BCUT2D eigenvalue weighted by molar-refractivity contribution is 7.92. The molecule has 0 saturated heterocycles. The third-order valence-electron chi connectivity index (χ3n) is 8.99. The van der Waals surface area contributed by atoms with Gasteiger partial charge in [0.2, 0.25) is 10.0 Å². The van der Waals surface area contributed by atoms with E-state index in [1.165, 1.54) is 0 Å². The molecule has 0 spiro atoms. The predicted octanol–water partition coefficient (Wildman–Crippen LogP) is 7.91. The number of aliphatic carboxylic acids is 1. The van der Waals surface area contributed by atoms with Crippen LogP contribution in [0.5, 0.6) is 11.5 Å². The third kappa shape index (κ3) is 10.4. The first kappa shape index (κ1) is 37.7. The highest BCUT2D eigenvalue weighted by Crippen LogP contribution is 2.37. The van der Waals surface area contributed by atoms with E-state index in [0.29, 0.717) is 22.7 Å². The summed E-state index contributed by atoms with van der Waals surface area (Å²) in [6.07, 6.45) is 0.592. The van der Waals surface area contributed by atoms with Gasteiger partial charge in [0.1, 0.15) is 24.0 Å². The number of hydrogen-bond acceptors (Lipinski definition) is 7. The number of carboxylic acids is 1. The fourth-order valence-corrected chi connectivity index (χ4v) is 9.41. The average molecular weight is 705 g/mol. The molecule has 3 atom stereocenters. The van der Waals surface area contributed by atoms with E-state index in [0.717, 1.165) is 41.1 Å². The summed E-state index contributed by atoms with van der Waals surface area (Å²) in [5.41, 5.74) is 3.45. The van der Waals surface area contributed by atoms with Crippen LogP contribution in [0.4, 0.5) is 5.69 Å². The fraction of sp³-hybridized carbons (Fsp3) is 0.342. The standard InChI is InChI=1S/C38H48N2O7SSi/c1-6-49(7-2,8-3)47-35(31-21-24-34(33(25-31)40-48(5,43)44)46-27-28-15-11-9-12-16-28)26-39-37(30-19-22-32(45-4)23-20-30)36(38(41)42)29-17-13-10-14-18-29/h9-25,35-37,39-40H,6-8,26-27H2,1-5H3,(H,41,42)/t35-,36?,37?/m0/s1. The molecule has 3 N–H and O–H groups in total. The van der Waals surface area contributed by atoms with Gasteiger partial charge in [-0.25, -0.2) is 8.42 Å². The molecule has 0 aliphatic heterocycles. The Bertz CT molecular complexity index is 1730. The van der Waals surface area contributed by atoms with Crippen molar-refractivity contribution in [1.82, 2.24) is 5.32 Å². The molecular formula is C38H48N2O7SSi. The summed E-state index contributed by atoms with van der Waals surface area (Å²) in [4.78, 5) is 12.9. The van der Waals surface area contributed by atoms with Crippen LogP contribution in [-0.2, 0) is 25.9 Å². The molecule has 262 valence electrons. The monoisotopic (exact) mass is 704 g/mol. The first-order valence-electron chi connectivity index (χ1n) is 16.6. The van der Waals surface area contributed by atoms with Crippen LogP contribution >= 0.6 is 0 Å². The number of carboxylic acid groups (broad SMARTS) is 1. The maximum Gasteiger partial charge on any atom is 0.312 e. The minimum Gasteiger partial charge on any atom is -0.497 e. The molecule has 0 radical (unpaired) electrons. The molecule has 0 amide bonds. The van der Waals surface area contributed by atoms with Crippen LogP contribution in [0.15, 0.2) is 103 Å². The quantitative estimate of drug-likeness (QED) is 0.0842. The molecule has 0 bridgehead atoms. The molecule has 0 heterocycles. The van der Waals surface area contributed by atoms with Gasteiger partial charge in [0.25, 0.3) is 0 Å². The van der Waals surface area contributed by atoms with E-state index in [4.69, 9.17) is 13.9 Å². The Morgan fingerprint density at radius 2 is 1.41 bits per heavy atom. The van der Waals surface area contributed by atoms with Crippen molar-refractivity contribution >= 4 is 30.0 Å². The van der Waals surface area contributed by atoms with Gasteiger partial charge in [-0.3, -0.25) is 9.52 Å². The lowest BCUT2D eigenvalue weighted by atomic mass is 9.86. The normalized spacial score (nSPS) is 13.7. The predicted molar refractivity (Wildman–Crippen MR) is 197 cm³/mol. The van der Waals surface area contributed by atoms with Gasteiger partial charge >= 0.3 is 5.97 Å². The second-order valence-corrected chi connectivity index (χ2v) is 18.6. The molecule has 4 aromatic rings. The molecule has 4 rings (SSSR count). The zero-order valence-corrected chi connectivity index (χ0v) is 30.7. The van der Waals surface area contributed by atoms with E-state index in [1.54, 1.807) is 19.2 Å². The first-order valence-corrected chi connectivity index (χ1v) is 21.0. The lowest BCUT2D eigenvalue weighted by Gasteiger charge is -2.35. The summed E-state index contributed by atoms with van der Waals surface area (Å²) < 4.78 is 46.2. The minimum absolute atomic E-state index is 0.261. The van der Waals surface area contributed by atoms with Crippen molar-refractivity contribution in [3.8, 4) is 11.5 Å². The van der Waals surface area contributed by atoms with Crippen molar-refractivity contribution < 1.29 is 32.2 Å². The van der Waals surface area contributed by atoms with Gasteiger partial charge in [-0.1, -0.05) is 99.6 Å². The fourth-order valence-electron chi connectivity index (χ4n) is 6.03. The lowest BCUT2D eigenvalue weighted by molar-refractivity contribution is -0.139.